The SMILES string of the molecule is CN(C(=O)C1(CC(=O)[O-])Cc2ccccc2C1)c1cc2ccccc2c[n+]1C. The number of carbonyl (C=O) groups is 2. The van der Waals surface area contributed by atoms with Gasteiger partial charge in [0.05, 0.1) is 25.7 Å². The predicted molar refractivity (Wildman–Crippen MR) is 104 cm³/mol. The number of pyridine rings is 1. The zero-order chi connectivity index (χ0) is 19.9. The van der Waals surface area contributed by atoms with Gasteiger partial charge in [0, 0.05) is 23.8 Å². The third-order valence-electron chi connectivity index (χ3n) is 5.74. The molecule has 1 heterocycles. The van der Waals surface area contributed by atoms with Crippen LogP contribution in [0.15, 0.2) is 60.8 Å². The maximum atomic E-state index is 13.6. The van der Waals surface area contributed by atoms with Gasteiger partial charge in [-0.3, -0.25) is 0 Å². The van der Waals surface area contributed by atoms with E-state index in [1.165, 1.54) is 0 Å². The second-order valence-corrected chi connectivity index (χ2v) is 7.69. The van der Waals surface area contributed by atoms with Crippen LogP contribution in [0.25, 0.3) is 10.8 Å². The number of hydrogen-bond acceptors (Lipinski definition) is 3. The molecule has 5 nitrogen and oxygen atoms in total. The largest absolute Gasteiger partial charge is 0.550 e. The van der Waals surface area contributed by atoms with Crippen LogP contribution in [0.5, 0.6) is 0 Å². The number of rotatable bonds is 4. The van der Waals surface area contributed by atoms with E-state index in [0.29, 0.717) is 12.8 Å². The molecule has 0 radical (unpaired) electrons. The Kier molecular flexibility index (Phi) is 4.38. The first-order chi connectivity index (χ1) is 13.4. The van der Waals surface area contributed by atoms with Crippen LogP contribution in [-0.2, 0) is 29.5 Å². The minimum absolute atomic E-state index is 0.196. The lowest BCUT2D eigenvalue weighted by Gasteiger charge is -2.29. The number of aromatic nitrogens is 1. The van der Waals surface area contributed by atoms with Gasteiger partial charge in [0.25, 0.3) is 5.82 Å². The van der Waals surface area contributed by atoms with Crippen LogP contribution in [0.3, 0.4) is 0 Å². The summed E-state index contributed by atoms with van der Waals surface area (Å²) < 4.78 is 1.90. The highest BCUT2D eigenvalue weighted by atomic mass is 16.4. The molecule has 1 aliphatic rings. The van der Waals surface area contributed by atoms with Gasteiger partial charge in [-0.25, -0.2) is 9.36 Å². The van der Waals surface area contributed by atoms with Crippen molar-refractivity contribution in [1.82, 2.24) is 0 Å². The second kappa shape index (κ2) is 6.75. The molecule has 0 bridgehead atoms. The number of nitrogens with zero attached hydrogens (tertiary/aromatic N) is 2. The van der Waals surface area contributed by atoms with Gasteiger partial charge in [0.15, 0.2) is 0 Å². The van der Waals surface area contributed by atoms with Crippen molar-refractivity contribution in [2.24, 2.45) is 12.5 Å². The van der Waals surface area contributed by atoms with Crippen molar-refractivity contribution in [2.45, 2.75) is 19.3 Å². The lowest BCUT2D eigenvalue weighted by Crippen LogP contribution is -2.49. The van der Waals surface area contributed by atoms with Gasteiger partial charge in [-0.05, 0) is 29.4 Å². The van der Waals surface area contributed by atoms with Crippen LogP contribution < -0.4 is 14.6 Å². The lowest BCUT2D eigenvalue weighted by atomic mass is 9.80. The number of hydrogen-bond donors (Lipinski definition) is 0. The summed E-state index contributed by atoms with van der Waals surface area (Å²) in [7, 11) is 3.60. The Balaban J connectivity index is 1.74. The number of carbonyl (C=O) groups excluding carboxylic acids is 2. The summed E-state index contributed by atoms with van der Waals surface area (Å²) in [6, 6.07) is 17.7. The lowest BCUT2D eigenvalue weighted by molar-refractivity contribution is -0.657. The van der Waals surface area contributed by atoms with Gasteiger partial charge in [-0.15, -0.1) is 0 Å². The summed E-state index contributed by atoms with van der Waals surface area (Å²) in [6.45, 7) is 0. The molecule has 0 saturated carbocycles. The monoisotopic (exact) mass is 374 g/mol. The van der Waals surface area contributed by atoms with E-state index in [1.807, 2.05) is 72.4 Å². The normalized spacial score (nSPS) is 14.6. The number of anilines is 1. The van der Waals surface area contributed by atoms with Gasteiger partial charge in [-0.1, -0.05) is 48.5 Å². The topological polar surface area (TPSA) is 64.3 Å². The van der Waals surface area contributed by atoms with Crippen LogP contribution >= 0.6 is 0 Å². The zero-order valence-corrected chi connectivity index (χ0v) is 16.0. The summed E-state index contributed by atoms with van der Waals surface area (Å²) in [5, 5.41) is 13.6. The van der Waals surface area contributed by atoms with E-state index < -0.39 is 11.4 Å². The number of aliphatic carboxylic acids is 1. The number of benzene rings is 2. The Hall–Kier alpha value is -3.21. The third kappa shape index (κ3) is 3.03. The Morgan fingerprint density at radius 1 is 1.04 bits per heavy atom. The van der Waals surface area contributed by atoms with Gasteiger partial charge in [0.1, 0.15) is 0 Å². The molecule has 1 aromatic heterocycles. The summed E-state index contributed by atoms with van der Waals surface area (Å²) in [5.74, 6) is -0.673. The minimum Gasteiger partial charge on any atom is -0.550 e. The van der Waals surface area contributed by atoms with E-state index in [-0.39, 0.29) is 12.3 Å². The number of carboxylic acid groups (broad SMARTS) is 1. The molecule has 0 spiro atoms. The molecule has 142 valence electrons. The van der Waals surface area contributed by atoms with Crippen molar-refractivity contribution >= 4 is 28.5 Å². The van der Waals surface area contributed by atoms with Crippen LogP contribution in [0.4, 0.5) is 5.82 Å². The molecular weight excluding hydrogens is 352 g/mol. The molecular formula is C23H22N2O3. The summed E-state index contributed by atoms with van der Waals surface area (Å²) in [6.07, 6.45) is 2.51. The smallest absolute Gasteiger partial charge is 0.316 e. The van der Waals surface area contributed by atoms with Crippen LogP contribution in [-0.4, -0.2) is 18.9 Å². The first kappa shape index (κ1) is 18.2. The predicted octanol–water partition coefficient (Wildman–Crippen LogP) is 1.55. The molecule has 1 aliphatic carbocycles. The van der Waals surface area contributed by atoms with Crippen LogP contribution in [0.2, 0.25) is 0 Å². The third-order valence-corrected chi connectivity index (χ3v) is 5.74. The Morgan fingerprint density at radius 2 is 1.61 bits per heavy atom. The molecule has 2 aromatic carbocycles. The number of amides is 1. The van der Waals surface area contributed by atoms with Crippen molar-refractivity contribution in [1.29, 1.82) is 0 Å². The quantitative estimate of drug-likeness (QED) is 0.651. The fraction of sp³-hybridized carbons (Fsp3) is 0.261. The summed E-state index contributed by atoms with van der Waals surface area (Å²) >= 11 is 0. The average molecular weight is 374 g/mol. The maximum Gasteiger partial charge on any atom is 0.316 e. The van der Waals surface area contributed by atoms with Crippen LogP contribution in [0, 0.1) is 5.41 Å². The second-order valence-electron chi connectivity index (χ2n) is 7.69. The van der Waals surface area contributed by atoms with E-state index in [9.17, 15) is 14.7 Å². The van der Waals surface area contributed by atoms with E-state index in [2.05, 4.69) is 0 Å². The van der Waals surface area contributed by atoms with E-state index in [4.69, 9.17) is 0 Å². The highest BCUT2D eigenvalue weighted by molar-refractivity contribution is 5.99. The highest BCUT2D eigenvalue weighted by Gasteiger charge is 2.48. The molecule has 0 saturated heterocycles. The van der Waals surface area contributed by atoms with E-state index in [1.54, 1.807) is 11.9 Å². The minimum atomic E-state index is -1.20. The van der Waals surface area contributed by atoms with Crippen molar-refractivity contribution in [2.75, 3.05) is 11.9 Å². The molecule has 1 amide bonds. The van der Waals surface area contributed by atoms with Gasteiger partial charge in [-0.2, -0.15) is 4.90 Å². The van der Waals surface area contributed by atoms with Crippen molar-refractivity contribution in [3.05, 3.63) is 71.9 Å². The molecule has 0 fully saturated rings. The molecule has 0 N–H and O–H groups in total. The van der Waals surface area contributed by atoms with Gasteiger partial charge < -0.3 is 9.90 Å². The van der Waals surface area contributed by atoms with Gasteiger partial charge in [0.2, 0.25) is 0 Å². The number of aryl methyl sites for hydroxylation is 1. The molecule has 28 heavy (non-hydrogen) atoms. The van der Waals surface area contributed by atoms with E-state index in [0.717, 1.165) is 27.7 Å². The summed E-state index contributed by atoms with van der Waals surface area (Å²) in [4.78, 5) is 26.7. The zero-order valence-electron chi connectivity index (χ0n) is 16.0. The molecule has 0 atom stereocenters. The molecule has 0 unspecified atom stereocenters. The molecule has 5 heteroatoms. The molecule has 3 aromatic rings. The highest BCUT2D eigenvalue weighted by Crippen LogP contribution is 2.41. The Labute approximate surface area is 163 Å². The maximum absolute atomic E-state index is 13.6. The Bertz CT molecular complexity index is 1070. The molecule has 4 rings (SSSR count). The van der Waals surface area contributed by atoms with Crippen molar-refractivity contribution in [3.8, 4) is 0 Å². The number of carboxylic acids is 1. The van der Waals surface area contributed by atoms with Gasteiger partial charge >= 0.3 is 5.91 Å². The standard InChI is InChI=1S/C23H22N2O3/c1-24-15-19-10-6-3-7-16(19)11-20(24)25(2)22(28)23(14-21(26)27)12-17-8-4-5-9-18(17)13-23/h3-11,15H,12-14H2,1-2H3. The first-order valence-electron chi connectivity index (χ1n) is 9.33. The fourth-order valence-electron chi connectivity index (χ4n) is 4.39. The first-order valence-corrected chi connectivity index (χ1v) is 9.33. The summed E-state index contributed by atoms with van der Waals surface area (Å²) in [5.41, 5.74) is 1.05. The average Bonchev–Trinajstić information content (AvgIpc) is 3.04. The molecule has 0 aliphatic heterocycles. The van der Waals surface area contributed by atoms with Crippen molar-refractivity contribution < 1.29 is 19.3 Å². The van der Waals surface area contributed by atoms with Crippen LogP contribution in [0.1, 0.15) is 17.5 Å². The number of fused-ring (bicyclic) bond motifs is 2. The van der Waals surface area contributed by atoms with E-state index >= 15 is 0 Å². The Morgan fingerprint density at radius 3 is 2.21 bits per heavy atom. The fourth-order valence-corrected chi connectivity index (χ4v) is 4.39. The van der Waals surface area contributed by atoms with Crippen molar-refractivity contribution in [3.63, 3.8) is 0 Å².